The van der Waals surface area contributed by atoms with E-state index in [0.29, 0.717) is 0 Å². The van der Waals surface area contributed by atoms with Gasteiger partial charge in [0, 0.05) is 29.6 Å². The van der Waals surface area contributed by atoms with Crippen LogP contribution in [0.5, 0.6) is 0 Å². The molecule has 0 aliphatic rings. The van der Waals surface area contributed by atoms with Gasteiger partial charge in [0.1, 0.15) is 0 Å². The fourth-order valence-electron chi connectivity index (χ4n) is 2.46. The van der Waals surface area contributed by atoms with E-state index in [4.69, 9.17) is 0 Å². The Hall–Kier alpha value is -2.49. The van der Waals surface area contributed by atoms with Crippen LogP contribution in [-0.4, -0.2) is 18.6 Å². The minimum absolute atomic E-state index is 0.117. The highest BCUT2D eigenvalue weighted by atomic mass is 16.2. The third-order valence-electron chi connectivity index (χ3n) is 3.49. The Morgan fingerprint density at radius 3 is 2.35 bits per heavy atom. The number of nitrogens with zero attached hydrogens (tertiary/aromatic N) is 1. The molecule has 0 atom stereocenters. The summed E-state index contributed by atoms with van der Waals surface area (Å²) >= 11 is 0. The Kier molecular flexibility index (Phi) is 5.63. The lowest BCUT2D eigenvalue weighted by Gasteiger charge is -2.24. The van der Waals surface area contributed by atoms with Gasteiger partial charge in [0.2, 0.25) is 0 Å². The van der Waals surface area contributed by atoms with E-state index in [1.54, 1.807) is 0 Å². The van der Waals surface area contributed by atoms with Crippen molar-refractivity contribution in [2.75, 3.05) is 16.8 Å². The number of urea groups is 1. The average molecular weight is 311 g/mol. The monoisotopic (exact) mass is 311 g/mol. The summed E-state index contributed by atoms with van der Waals surface area (Å²) in [7, 11) is 0. The lowest BCUT2D eigenvalue weighted by molar-refractivity contribution is 0.250. The second kappa shape index (κ2) is 7.68. The van der Waals surface area contributed by atoms with E-state index in [1.807, 2.05) is 38.1 Å². The van der Waals surface area contributed by atoms with Gasteiger partial charge < -0.3 is 15.5 Å². The summed E-state index contributed by atoms with van der Waals surface area (Å²) in [6.07, 6.45) is 0. The molecule has 2 aromatic carbocycles. The molecular formula is C19H25N3O. The van der Waals surface area contributed by atoms with Gasteiger partial charge in [-0.25, -0.2) is 4.79 Å². The van der Waals surface area contributed by atoms with Crippen molar-refractivity contribution in [1.82, 2.24) is 5.32 Å². The topological polar surface area (TPSA) is 44.4 Å². The fourth-order valence-corrected chi connectivity index (χ4v) is 2.46. The normalized spacial score (nSPS) is 10.5. The van der Waals surface area contributed by atoms with Crippen LogP contribution in [0.15, 0.2) is 48.5 Å². The van der Waals surface area contributed by atoms with Crippen molar-refractivity contribution in [3.63, 3.8) is 0 Å². The molecule has 0 unspecified atom stereocenters. The predicted molar refractivity (Wildman–Crippen MR) is 97.6 cm³/mol. The molecule has 2 N–H and O–H groups in total. The van der Waals surface area contributed by atoms with E-state index >= 15 is 0 Å². The molecule has 0 aliphatic heterocycles. The van der Waals surface area contributed by atoms with E-state index in [1.165, 1.54) is 11.3 Å². The first-order valence-corrected chi connectivity index (χ1v) is 8.01. The Labute approximate surface area is 138 Å². The molecule has 0 aliphatic carbocycles. The quantitative estimate of drug-likeness (QED) is 0.842. The Morgan fingerprint density at radius 1 is 1.09 bits per heavy atom. The molecule has 0 radical (unpaired) electrons. The zero-order valence-electron chi connectivity index (χ0n) is 14.3. The van der Waals surface area contributed by atoms with Gasteiger partial charge in [0.25, 0.3) is 0 Å². The zero-order valence-corrected chi connectivity index (χ0v) is 14.3. The SMILES string of the molecule is CCN(c1ccc(NC(=O)NC(C)C)cc1)c1cccc(C)c1. The van der Waals surface area contributed by atoms with Gasteiger partial charge in [-0.2, -0.15) is 0 Å². The molecular weight excluding hydrogens is 286 g/mol. The van der Waals surface area contributed by atoms with Crippen molar-refractivity contribution in [2.24, 2.45) is 0 Å². The van der Waals surface area contributed by atoms with E-state index in [-0.39, 0.29) is 12.1 Å². The van der Waals surface area contributed by atoms with Crippen LogP contribution < -0.4 is 15.5 Å². The van der Waals surface area contributed by atoms with Crippen LogP contribution in [-0.2, 0) is 0 Å². The molecule has 2 rings (SSSR count). The number of carbonyl (C=O) groups is 1. The number of hydrogen-bond acceptors (Lipinski definition) is 2. The second-order valence-electron chi connectivity index (χ2n) is 5.88. The lowest BCUT2D eigenvalue weighted by Crippen LogP contribution is -2.34. The van der Waals surface area contributed by atoms with Gasteiger partial charge in [-0.05, 0) is 69.7 Å². The first-order valence-electron chi connectivity index (χ1n) is 8.01. The fraction of sp³-hybridized carbons (Fsp3) is 0.316. The molecule has 2 aromatic rings. The molecule has 0 spiro atoms. The van der Waals surface area contributed by atoms with Crippen LogP contribution in [0.25, 0.3) is 0 Å². The summed E-state index contributed by atoms with van der Waals surface area (Å²) < 4.78 is 0. The third kappa shape index (κ3) is 4.74. The maximum absolute atomic E-state index is 11.7. The second-order valence-corrected chi connectivity index (χ2v) is 5.88. The van der Waals surface area contributed by atoms with Gasteiger partial charge in [0.05, 0.1) is 0 Å². The number of aryl methyl sites for hydroxylation is 1. The summed E-state index contributed by atoms with van der Waals surface area (Å²) in [5.41, 5.74) is 4.30. The predicted octanol–water partition coefficient (Wildman–Crippen LogP) is 4.68. The summed E-state index contributed by atoms with van der Waals surface area (Å²) in [5.74, 6) is 0. The van der Waals surface area contributed by atoms with Gasteiger partial charge >= 0.3 is 6.03 Å². The van der Waals surface area contributed by atoms with Crippen molar-refractivity contribution < 1.29 is 4.79 Å². The number of amides is 2. The summed E-state index contributed by atoms with van der Waals surface area (Å²) in [4.78, 5) is 14.0. The molecule has 0 fully saturated rings. The summed E-state index contributed by atoms with van der Waals surface area (Å²) in [6, 6.07) is 16.3. The third-order valence-corrected chi connectivity index (χ3v) is 3.49. The van der Waals surface area contributed by atoms with Crippen LogP contribution in [0, 0.1) is 6.92 Å². The van der Waals surface area contributed by atoms with Crippen molar-refractivity contribution in [1.29, 1.82) is 0 Å². The number of carbonyl (C=O) groups excluding carboxylic acids is 1. The van der Waals surface area contributed by atoms with Gasteiger partial charge in [-0.1, -0.05) is 12.1 Å². The van der Waals surface area contributed by atoms with Crippen molar-refractivity contribution in [3.05, 3.63) is 54.1 Å². The number of benzene rings is 2. The number of rotatable bonds is 5. The average Bonchev–Trinajstić information content (AvgIpc) is 2.49. The molecule has 0 saturated heterocycles. The van der Waals surface area contributed by atoms with Crippen LogP contribution in [0.4, 0.5) is 21.9 Å². The summed E-state index contributed by atoms with van der Waals surface area (Å²) in [5, 5.41) is 5.65. The number of hydrogen-bond donors (Lipinski definition) is 2. The Bertz CT molecular complexity index is 650. The molecule has 0 bridgehead atoms. The van der Waals surface area contributed by atoms with E-state index in [9.17, 15) is 4.79 Å². The van der Waals surface area contributed by atoms with E-state index in [0.717, 1.165) is 17.9 Å². The summed E-state index contributed by atoms with van der Waals surface area (Å²) in [6.45, 7) is 8.97. The van der Waals surface area contributed by atoms with Crippen molar-refractivity contribution in [2.45, 2.75) is 33.7 Å². The van der Waals surface area contributed by atoms with E-state index in [2.05, 4.69) is 53.6 Å². The maximum Gasteiger partial charge on any atom is 0.319 e. The Morgan fingerprint density at radius 2 is 1.78 bits per heavy atom. The minimum Gasteiger partial charge on any atom is -0.342 e. The molecule has 23 heavy (non-hydrogen) atoms. The number of nitrogens with one attached hydrogen (secondary N) is 2. The molecule has 4 nitrogen and oxygen atoms in total. The van der Waals surface area contributed by atoms with Gasteiger partial charge in [-0.3, -0.25) is 0 Å². The minimum atomic E-state index is -0.182. The Balaban J connectivity index is 2.12. The first-order chi connectivity index (χ1) is 11.0. The standard InChI is InChI=1S/C19H25N3O/c1-5-22(18-8-6-7-15(4)13-18)17-11-9-16(10-12-17)21-19(23)20-14(2)3/h6-14H,5H2,1-4H3,(H2,20,21,23). The highest BCUT2D eigenvalue weighted by Crippen LogP contribution is 2.26. The number of anilines is 3. The smallest absolute Gasteiger partial charge is 0.319 e. The lowest BCUT2D eigenvalue weighted by atomic mass is 10.2. The highest BCUT2D eigenvalue weighted by Gasteiger charge is 2.08. The van der Waals surface area contributed by atoms with E-state index < -0.39 is 0 Å². The van der Waals surface area contributed by atoms with Gasteiger partial charge in [-0.15, -0.1) is 0 Å². The molecule has 4 heteroatoms. The van der Waals surface area contributed by atoms with Crippen LogP contribution in [0.3, 0.4) is 0 Å². The van der Waals surface area contributed by atoms with Crippen LogP contribution in [0.2, 0.25) is 0 Å². The van der Waals surface area contributed by atoms with Crippen LogP contribution in [0.1, 0.15) is 26.3 Å². The molecule has 0 saturated carbocycles. The van der Waals surface area contributed by atoms with Crippen molar-refractivity contribution in [3.8, 4) is 0 Å². The van der Waals surface area contributed by atoms with Gasteiger partial charge in [0.15, 0.2) is 0 Å². The molecule has 122 valence electrons. The zero-order chi connectivity index (χ0) is 16.8. The van der Waals surface area contributed by atoms with Crippen molar-refractivity contribution >= 4 is 23.1 Å². The molecule has 2 amide bonds. The maximum atomic E-state index is 11.7. The highest BCUT2D eigenvalue weighted by molar-refractivity contribution is 5.89. The first kappa shape index (κ1) is 16.9. The molecule has 0 heterocycles. The largest absolute Gasteiger partial charge is 0.342 e. The molecule has 0 aromatic heterocycles. The van der Waals surface area contributed by atoms with Crippen LogP contribution >= 0.6 is 0 Å².